The topological polar surface area (TPSA) is 12.0 Å². The van der Waals surface area contributed by atoms with Crippen LogP contribution in [0, 0.1) is 11.3 Å². The number of nitrogens with one attached hydrogen (secondary N) is 1. The van der Waals surface area contributed by atoms with Crippen LogP contribution in [-0.2, 0) is 12.8 Å². The van der Waals surface area contributed by atoms with Crippen LogP contribution in [0.2, 0.25) is 0 Å². The van der Waals surface area contributed by atoms with Crippen molar-refractivity contribution in [2.45, 2.75) is 60.4 Å². The van der Waals surface area contributed by atoms with E-state index in [1.54, 1.807) is 0 Å². The first-order valence-corrected chi connectivity index (χ1v) is 7.64. The van der Waals surface area contributed by atoms with Crippen LogP contribution in [0.5, 0.6) is 0 Å². The van der Waals surface area contributed by atoms with Gasteiger partial charge in [-0.25, -0.2) is 0 Å². The summed E-state index contributed by atoms with van der Waals surface area (Å²) in [6.07, 6.45) is 2.28. The Kier molecular flexibility index (Phi) is 6.06. The van der Waals surface area contributed by atoms with Gasteiger partial charge in [0.25, 0.3) is 0 Å². The summed E-state index contributed by atoms with van der Waals surface area (Å²) in [5, 5.41) is 3.59. The highest BCUT2D eigenvalue weighted by Gasteiger charge is 2.24. The lowest BCUT2D eigenvalue weighted by Crippen LogP contribution is -2.36. The molecule has 1 rings (SSSR count). The van der Waals surface area contributed by atoms with Crippen LogP contribution in [-0.4, -0.2) is 12.6 Å². The Morgan fingerprint density at radius 1 is 1.00 bits per heavy atom. The van der Waals surface area contributed by atoms with E-state index in [-0.39, 0.29) is 0 Å². The first-order chi connectivity index (χ1) is 8.82. The minimum atomic E-state index is 0.339. The number of hydrogen-bond donors (Lipinski definition) is 1. The molecule has 0 aliphatic rings. The van der Waals surface area contributed by atoms with Crippen LogP contribution in [0.15, 0.2) is 24.3 Å². The third-order valence-corrected chi connectivity index (χ3v) is 3.91. The molecule has 1 heteroatoms. The number of benzene rings is 1. The van der Waals surface area contributed by atoms with Crippen molar-refractivity contribution in [3.8, 4) is 0 Å². The predicted molar refractivity (Wildman–Crippen MR) is 85.6 cm³/mol. The van der Waals surface area contributed by atoms with Crippen LogP contribution < -0.4 is 5.32 Å². The molecule has 0 aliphatic heterocycles. The molecule has 0 saturated heterocycles. The van der Waals surface area contributed by atoms with E-state index < -0.39 is 0 Å². The number of hydrogen-bond acceptors (Lipinski definition) is 1. The molecule has 0 fully saturated rings. The Morgan fingerprint density at radius 3 is 1.95 bits per heavy atom. The third kappa shape index (κ3) is 5.78. The van der Waals surface area contributed by atoms with E-state index in [1.807, 2.05) is 0 Å². The molecule has 108 valence electrons. The first kappa shape index (κ1) is 16.2. The lowest BCUT2D eigenvalue weighted by Gasteiger charge is -2.32. The molecule has 0 bridgehead atoms. The standard InChI is InChI=1S/C18H31N/c1-7-15-8-10-16(11-9-15)12-17(18(4,5)6)13-19-14(2)3/h8-11,14,17,19H,7,12-13H2,1-6H3. The average molecular weight is 261 g/mol. The maximum atomic E-state index is 3.59. The van der Waals surface area contributed by atoms with Crippen LogP contribution in [0.4, 0.5) is 0 Å². The van der Waals surface area contributed by atoms with Crippen LogP contribution >= 0.6 is 0 Å². The molecule has 1 atom stereocenters. The molecule has 1 unspecified atom stereocenters. The maximum Gasteiger partial charge on any atom is 0.00104 e. The highest BCUT2D eigenvalue weighted by atomic mass is 14.9. The van der Waals surface area contributed by atoms with Crippen molar-refractivity contribution in [2.75, 3.05) is 6.54 Å². The van der Waals surface area contributed by atoms with E-state index in [1.165, 1.54) is 11.1 Å². The molecule has 0 saturated carbocycles. The van der Waals surface area contributed by atoms with E-state index in [0.717, 1.165) is 19.4 Å². The second-order valence-electron chi connectivity index (χ2n) is 7.00. The van der Waals surface area contributed by atoms with Crippen LogP contribution in [0.3, 0.4) is 0 Å². The normalized spacial score (nSPS) is 13.8. The van der Waals surface area contributed by atoms with Crippen molar-refractivity contribution in [1.82, 2.24) is 5.32 Å². The quantitative estimate of drug-likeness (QED) is 0.797. The Morgan fingerprint density at radius 2 is 1.53 bits per heavy atom. The minimum Gasteiger partial charge on any atom is -0.314 e. The van der Waals surface area contributed by atoms with Gasteiger partial charge in [0.05, 0.1) is 0 Å². The molecular weight excluding hydrogens is 230 g/mol. The zero-order chi connectivity index (χ0) is 14.5. The summed E-state index contributed by atoms with van der Waals surface area (Å²) in [4.78, 5) is 0. The van der Waals surface area contributed by atoms with Crippen LogP contribution in [0.1, 0.15) is 52.7 Å². The van der Waals surface area contributed by atoms with Gasteiger partial charge in [0, 0.05) is 6.04 Å². The van der Waals surface area contributed by atoms with Crippen molar-refractivity contribution in [2.24, 2.45) is 11.3 Å². The van der Waals surface area contributed by atoms with Gasteiger partial charge in [-0.3, -0.25) is 0 Å². The first-order valence-electron chi connectivity index (χ1n) is 7.64. The second-order valence-corrected chi connectivity index (χ2v) is 7.00. The smallest absolute Gasteiger partial charge is 0.00104 e. The molecule has 0 heterocycles. The highest BCUT2D eigenvalue weighted by Crippen LogP contribution is 2.28. The SMILES string of the molecule is CCc1ccc(CC(CNC(C)C)C(C)(C)C)cc1. The molecule has 0 spiro atoms. The zero-order valence-corrected chi connectivity index (χ0v) is 13.6. The van der Waals surface area contributed by atoms with Gasteiger partial charge < -0.3 is 5.32 Å². The number of rotatable bonds is 6. The minimum absolute atomic E-state index is 0.339. The summed E-state index contributed by atoms with van der Waals surface area (Å²) in [5.74, 6) is 0.669. The Hall–Kier alpha value is -0.820. The van der Waals surface area contributed by atoms with Crippen molar-refractivity contribution in [3.63, 3.8) is 0 Å². The van der Waals surface area contributed by atoms with E-state index in [2.05, 4.69) is 71.1 Å². The molecule has 0 aliphatic carbocycles. The van der Waals surface area contributed by atoms with E-state index >= 15 is 0 Å². The Balaban J connectivity index is 2.70. The van der Waals surface area contributed by atoms with Crippen molar-refractivity contribution in [1.29, 1.82) is 0 Å². The lowest BCUT2D eigenvalue weighted by atomic mass is 9.77. The second kappa shape index (κ2) is 7.09. The van der Waals surface area contributed by atoms with Crippen molar-refractivity contribution < 1.29 is 0 Å². The maximum absolute atomic E-state index is 3.59. The average Bonchev–Trinajstić information content (AvgIpc) is 2.33. The van der Waals surface area contributed by atoms with Gasteiger partial charge in [-0.2, -0.15) is 0 Å². The highest BCUT2D eigenvalue weighted by molar-refractivity contribution is 5.23. The molecule has 1 N–H and O–H groups in total. The van der Waals surface area contributed by atoms with Crippen LogP contribution in [0.25, 0.3) is 0 Å². The monoisotopic (exact) mass is 261 g/mol. The molecule has 1 nitrogen and oxygen atoms in total. The fraction of sp³-hybridized carbons (Fsp3) is 0.667. The fourth-order valence-corrected chi connectivity index (χ4v) is 2.26. The van der Waals surface area contributed by atoms with E-state index in [9.17, 15) is 0 Å². The molecule has 0 radical (unpaired) electrons. The van der Waals surface area contributed by atoms with E-state index in [4.69, 9.17) is 0 Å². The summed E-state index contributed by atoms with van der Waals surface area (Å²) in [6, 6.07) is 9.70. The lowest BCUT2D eigenvalue weighted by molar-refractivity contribution is 0.226. The van der Waals surface area contributed by atoms with Gasteiger partial charge in [0.1, 0.15) is 0 Å². The van der Waals surface area contributed by atoms with Gasteiger partial charge in [-0.15, -0.1) is 0 Å². The number of aryl methyl sites for hydroxylation is 1. The van der Waals surface area contributed by atoms with Gasteiger partial charge in [-0.1, -0.05) is 65.8 Å². The Labute approximate surface area is 119 Å². The predicted octanol–water partition coefficient (Wildman–Crippen LogP) is 4.45. The molecule has 1 aromatic carbocycles. The molecular formula is C18H31N. The summed E-state index contributed by atoms with van der Waals surface area (Å²) in [7, 11) is 0. The summed E-state index contributed by atoms with van der Waals surface area (Å²) >= 11 is 0. The van der Waals surface area contributed by atoms with Gasteiger partial charge in [0.15, 0.2) is 0 Å². The van der Waals surface area contributed by atoms with Gasteiger partial charge in [-0.05, 0) is 41.8 Å². The molecule has 0 amide bonds. The summed E-state index contributed by atoms with van der Waals surface area (Å²) in [6.45, 7) is 14.8. The molecule has 1 aromatic rings. The van der Waals surface area contributed by atoms with E-state index in [0.29, 0.717) is 17.4 Å². The summed E-state index contributed by atoms with van der Waals surface area (Å²) < 4.78 is 0. The largest absolute Gasteiger partial charge is 0.314 e. The van der Waals surface area contributed by atoms with Crippen molar-refractivity contribution >= 4 is 0 Å². The molecule has 0 aromatic heterocycles. The van der Waals surface area contributed by atoms with Crippen molar-refractivity contribution in [3.05, 3.63) is 35.4 Å². The zero-order valence-electron chi connectivity index (χ0n) is 13.6. The Bertz CT molecular complexity index is 356. The third-order valence-electron chi connectivity index (χ3n) is 3.91. The summed E-state index contributed by atoms with van der Waals surface area (Å²) in [5.41, 5.74) is 3.23. The fourth-order valence-electron chi connectivity index (χ4n) is 2.26. The van der Waals surface area contributed by atoms with Gasteiger partial charge >= 0.3 is 0 Å². The molecule has 19 heavy (non-hydrogen) atoms. The van der Waals surface area contributed by atoms with Gasteiger partial charge in [0.2, 0.25) is 0 Å².